The molecule has 5 rings (SSSR count). The molecule has 11 nitrogen and oxygen atoms in total. The zero-order chi connectivity index (χ0) is 30.5. The van der Waals surface area contributed by atoms with Crippen molar-refractivity contribution in [2.24, 2.45) is 0 Å². The Hall–Kier alpha value is -5.61. The minimum absolute atomic E-state index is 0.0280. The zero-order valence-corrected chi connectivity index (χ0v) is 22.5. The first-order valence-electron chi connectivity index (χ1n) is 13.1. The van der Waals surface area contributed by atoms with Gasteiger partial charge in [0.1, 0.15) is 28.5 Å². The van der Waals surface area contributed by atoms with Crippen molar-refractivity contribution in [2.75, 3.05) is 24.1 Å². The lowest BCUT2D eigenvalue weighted by atomic mass is 10.1. The van der Waals surface area contributed by atoms with Crippen molar-refractivity contribution in [2.45, 2.75) is 18.9 Å². The molecule has 0 bridgehead atoms. The Labute approximate surface area is 243 Å². The van der Waals surface area contributed by atoms with Crippen LogP contribution >= 0.6 is 0 Å². The molecular formula is C30H24F2N6O5. The fourth-order valence-electron chi connectivity index (χ4n) is 4.26. The maximum Gasteiger partial charge on any atom is 0.298 e. The first kappa shape index (κ1) is 28.9. The number of pyridine rings is 1. The molecule has 1 fully saturated rings. The number of halogens is 2. The number of amides is 2. The third-order valence-corrected chi connectivity index (χ3v) is 6.56. The zero-order valence-electron chi connectivity index (χ0n) is 22.5. The van der Waals surface area contributed by atoms with Gasteiger partial charge in [-0.05, 0) is 61.2 Å². The molecule has 1 aliphatic heterocycles. The molecule has 218 valence electrons. The predicted octanol–water partition coefficient (Wildman–Crippen LogP) is 2.87. The summed E-state index contributed by atoms with van der Waals surface area (Å²) in [5.74, 6) is 2.33. The SMILES string of the molecule is Nc1nccc(Oc2ccc(NC(=O)c3ccnn(-c4ccc(F)cc4)c3=O)cc2F)c1C#CC(=O)N1CCC(O)CC1. The van der Waals surface area contributed by atoms with Crippen molar-refractivity contribution in [1.82, 2.24) is 19.7 Å². The summed E-state index contributed by atoms with van der Waals surface area (Å²) in [6, 6.07) is 11.2. The van der Waals surface area contributed by atoms with Gasteiger partial charge in [0.15, 0.2) is 11.6 Å². The van der Waals surface area contributed by atoms with E-state index in [1.54, 1.807) is 0 Å². The van der Waals surface area contributed by atoms with E-state index in [9.17, 15) is 23.9 Å². The van der Waals surface area contributed by atoms with Crippen molar-refractivity contribution >= 4 is 23.3 Å². The van der Waals surface area contributed by atoms with Crippen molar-refractivity contribution in [1.29, 1.82) is 0 Å². The number of aromatic nitrogens is 3. The molecule has 0 aliphatic carbocycles. The fraction of sp³-hybridized carbons (Fsp3) is 0.167. The number of rotatable bonds is 5. The molecule has 0 spiro atoms. The van der Waals surface area contributed by atoms with Crippen molar-refractivity contribution < 1.29 is 28.2 Å². The third kappa shape index (κ3) is 6.66. The Kier molecular flexibility index (Phi) is 8.40. The normalized spacial score (nSPS) is 13.1. The van der Waals surface area contributed by atoms with Gasteiger partial charge in [0.05, 0.1) is 11.8 Å². The first-order chi connectivity index (χ1) is 20.7. The quantitative estimate of drug-likeness (QED) is 0.302. The van der Waals surface area contributed by atoms with Crippen LogP contribution in [-0.2, 0) is 4.79 Å². The molecule has 0 radical (unpaired) electrons. The number of hydrogen-bond donors (Lipinski definition) is 3. The highest BCUT2D eigenvalue weighted by atomic mass is 19.1. The van der Waals surface area contributed by atoms with Crippen LogP contribution in [-0.4, -0.2) is 55.8 Å². The molecule has 0 atom stereocenters. The van der Waals surface area contributed by atoms with Gasteiger partial charge in [0, 0.05) is 49.2 Å². The van der Waals surface area contributed by atoms with E-state index >= 15 is 4.39 Å². The summed E-state index contributed by atoms with van der Waals surface area (Å²) >= 11 is 0. The lowest BCUT2D eigenvalue weighted by molar-refractivity contribution is -0.127. The van der Waals surface area contributed by atoms with Gasteiger partial charge in [-0.25, -0.2) is 13.8 Å². The number of piperidine rings is 1. The van der Waals surface area contributed by atoms with Crippen LogP contribution in [0.25, 0.3) is 5.69 Å². The molecular weight excluding hydrogens is 562 g/mol. The van der Waals surface area contributed by atoms with E-state index in [0.29, 0.717) is 25.9 Å². The largest absolute Gasteiger partial charge is 0.453 e. The second-order valence-corrected chi connectivity index (χ2v) is 9.48. The summed E-state index contributed by atoms with van der Waals surface area (Å²) < 4.78 is 35.0. The van der Waals surface area contributed by atoms with E-state index in [1.807, 2.05) is 0 Å². The second kappa shape index (κ2) is 12.5. The summed E-state index contributed by atoms with van der Waals surface area (Å²) in [6.45, 7) is 0.750. The number of aliphatic hydroxyl groups is 1. The average molecular weight is 587 g/mol. The predicted molar refractivity (Wildman–Crippen MR) is 152 cm³/mol. The van der Waals surface area contributed by atoms with Crippen molar-refractivity contribution in [3.63, 3.8) is 0 Å². The molecule has 0 unspecified atom stereocenters. The van der Waals surface area contributed by atoms with Crippen LogP contribution in [0.3, 0.4) is 0 Å². The van der Waals surface area contributed by atoms with Gasteiger partial charge in [-0.1, -0.05) is 0 Å². The molecule has 1 aliphatic rings. The number of likely N-dealkylation sites (tertiary alicyclic amines) is 1. The lowest BCUT2D eigenvalue weighted by Gasteiger charge is -2.27. The second-order valence-electron chi connectivity index (χ2n) is 9.48. The number of carbonyl (C=O) groups is 2. The topological polar surface area (TPSA) is 153 Å². The monoisotopic (exact) mass is 586 g/mol. The van der Waals surface area contributed by atoms with E-state index in [1.165, 1.54) is 53.7 Å². The highest BCUT2D eigenvalue weighted by Crippen LogP contribution is 2.30. The lowest BCUT2D eigenvalue weighted by Crippen LogP contribution is -2.39. The highest BCUT2D eigenvalue weighted by molar-refractivity contribution is 6.04. The van der Waals surface area contributed by atoms with Crippen LogP contribution in [0.2, 0.25) is 0 Å². The van der Waals surface area contributed by atoms with Gasteiger partial charge >= 0.3 is 0 Å². The molecule has 13 heteroatoms. The molecule has 3 heterocycles. The minimum atomic E-state index is -0.853. The van der Waals surface area contributed by atoms with Crippen LogP contribution in [0, 0.1) is 23.5 Å². The Bertz CT molecular complexity index is 1810. The molecule has 4 N–H and O–H groups in total. The molecule has 2 amide bonds. The summed E-state index contributed by atoms with van der Waals surface area (Å²) in [5, 5.41) is 16.0. The van der Waals surface area contributed by atoms with Crippen LogP contribution < -0.4 is 21.3 Å². The molecule has 43 heavy (non-hydrogen) atoms. The van der Waals surface area contributed by atoms with E-state index in [0.717, 1.165) is 22.9 Å². The van der Waals surface area contributed by atoms with Crippen molar-refractivity contribution in [3.8, 4) is 29.0 Å². The van der Waals surface area contributed by atoms with Crippen LogP contribution in [0.1, 0.15) is 28.8 Å². The maximum absolute atomic E-state index is 15.1. The molecule has 4 aromatic rings. The van der Waals surface area contributed by atoms with E-state index in [4.69, 9.17) is 10.5 Å². The Morgan fingerprint density at radius 2 is 1.77 bits per heavy atom. The highest BCUT2D eigenvalue weighted by Gasteiger charge is 2.20. The van der Waals surface area contributed by atoms with Gasteiger partial charge in [-0.3, -0.25) is 14.4 Å². The number of nitrogens with two attached hydrogens (primary N) is 1. The number of nitrogen functional groups attached to an aromatic ring is 1. The van der Waals surface area contributed by atoms with Gasteiger partial charge in [-0.15, -0.1) is 0 Å². The molecule has 2 aromatic carbocycles. The van der Waals surface area contributed by atoms with Crippen LogP contribution in [0.4, 0.5) is 20.3 Å². The van der Waals surface area contributed by atoms with Crippen LogP contribution in [0.15, 0.2) is 71.8 Å². The number of anilines is 2. The van der Waals surface area contributed by atoms with E-state index in [-0.39, 0.29) is 39.8 Å². The molecule has 2 aromatic heterocycles. The number of benzene rings is 2. The molecule has 1 saturated heterocycles. The average Bonchev–Trinajstić information content (AvgIpc) is 2.99. The van der Waals surface area contributed by atoms with Gasteiger partial charge in [-0.2, -0.15) is 9.78 Å². The summed E-state index contributed by atoms with van der Waals surface area (Å²) in [6.07, 6.45) is 3.05. The summed E-state index contributed by atoms with van der Waals surface area (Å²) in [7, 11) is 0. The van der Waals surface area contributed by atoms with E-state index in [2.05, 4.69) is 27.2 Å². The van der Waals surface area contributed by atoms with E-state index < -0.39 is 35.1 Å². The number of carbonyl (C=O) groups excluding carboxylic acids is 2. The fourth-order valence-corrected chi connectivity index (χ4v) is 4.26. The summed E-state index contributed by atoms with van der Waals surface area (Å²) in [4.78, 5) is 43.7. The Balaban J connectivity index is 1.31. The van der Waals surface area contributed by atoms with Crippen molar-refractivity contribution in [3.05, 3.63) is 100 Å². The van der Waals surface area contributed by atoms with Gasteiger partial charge in [0.2, 0.25) is 0 Å². The number of ether oxygens (including phenoxy) is 1. The standard InChI is InChI=1S/C30H24F2N6O5/c31-18-1-4-20(5-2-18)38-30(42)23(9-14-35-38)29(41)36-19-3-7-26(24(32)17-19)43-25-10-13-34-28(33)22(25)6-8-27(40)37-15-11-21(39)12-16-37/h1-5,7,9-10,13-14,17,21,39H,11-12,15-16H2,(H2,33,34)(H,36,41). The van der Waals surface area contributed by atoms with Gasteiger partial charge in [0.25, 0.3) is 17.4 Å². The first-order valence-corrected chi connectivity index (χ1v) is 13.1. The summed E-state index contributed by atoms with van der Waals surface area (Å²) in [5.41, 5.74) is 5.30. The molecule has 0 saturated carbocycles. The Morgan fingerprint density at radius 1 is 1.02 bits per heavy atom. The third-order valence-electron chi connectivity index (χ3n) is 6.56. The Morgan fingerprint density at radius 3 is 2.49 bits per heavy atom. The number of nitrogens with zero attached hydrogens (tertiary/aromatic N) is 4. The maximum atomic E-state index is 15.1. The minimum Gasteiger partial charge on any atom is -0.453 e. The van der Waals surface area contributed by atoms with Gasteiger partial charge < -0.3 is 25.8 Å². The number of aliphatic hydroxyl groups excluding tert-OH is 1. The smallest absolute Gasteiger partial charge is 0.298 e. The van der Waals surface area contributed by atoms with Crippen LogP contribution in [0.5, 0.6) is 11.5 Å². The number of hydrogen-bond acceptors (Lipinski definition) is 8. The number of nitrogens with one attached hydrogen (secondary N) is 1.